The molecule has 0 saturated carbocycles. The predicted molar refractivity (Wildman–Crippen MR) is 139 cm³/mol. The number of fused-ring (bicyclic) bond motifs is 5. The highest BCUT2D eigenvalue weighted by molar-refractivity contribution is 7.87. The number of nitrogens with zero attached hydrogens (tertiary/aromatic N) is 3. The molecule has 0 aliphatic carbocycles. The fourth-order valence-electron chi connectivity index (χ4n) is 5.53. The van der Waals surface area contributed by atoms with Crippen LogP contribution in [0.5, 0.6) is 0 Å². The van der Waals surface area contributed by atoms with Gasteiger partial charge in [-0.1, -0.05) is 41.8 Å². The number of piperidine rings is 1. The Morgan fingerprint density at radius 2 is 1.66 bits per heavy atom. The van der Waals surface area contributed by atoms with E-state index in [1.54, 1.807) is 14.1 Å². The maximum absolute atomic E-state index is 12.8. The molecule has 1 aromatic heterocycles. The number of pyridine rings is 1. The number of nitrogens with one attached hydrogen (secondary N) is 3. The van der Waals surface area contributed by atoms with Gasteiger partial charge >= 0.3 is 10.2 Å². The lowest BCUT2D eigenvalue weighted by molar-refractivity contribution is 0.268. The smallest absolute Gasteiger partial charge is 0.306 e. The van der Waals surface area contributed by atoms with Gasteiger partial charge in [-0.25, -0.2) is 10.9 Å². The van der Waals surface area contributed by atoms with Crippen LogP contribution in [0.4, 0.5) is 5.69 Å². The first kappa shape index (κ1) is 23.9. The minimum absolute atomic E-state index is 0.0840. The third kappa shape index (κ3) is 4.46. The zero-order valence-corrected chi connectivity index (χ0v) is 21.1. The second kappa shape index (κ2) is 9.67. The number of benzene rings is 2. The van der Waals surface area contributed by atoms with Crippen molar-refractivity contribution in [1.29, 1.82) is 0 Å². The topological polar surface area (TPSA) is 89.6 Å². The molecule has 2 aliphatic rings. The van der Waals surface area contributed by atoms with Gasteiger partial charge in [-0.3, -0.25) is 4.98 Å². The van der Waals surface area contributed by atoms with Crippen LogP contribution in [0, 0.1) is 0 Å². The second-order valence-corrected chi connectivity index (χ2v) is 10.7. The van der Waals surface area contributed by atoms with Crippen LogP contribution in [0.1, 0.15) is 48.4 Å². The third-order valence-electron chi connectivity index (χ3n) is 7.20. The van der Waals surface area contributed by atoms with Crippen molar-refractivity contribution in [1.82, 2.24) is 25.1 Å². The molecule has 8 nitrogen and oxygen atoms in total. The lowest BCUT2D eigenvalue weighted by Crippen LogP contribution is -2.56. The Balaban J connectivity index is 1.53. The number of hydrogen-bond donors (Lipinski definition) is 3. The summed E-state index contributed by atoms with van der Waals surface area (Å²) in [6.45, 7) is 3.03. The van der Waals surface area contributed by atoms with E-state index in [1.165, 1.54) is 27.9 Å². The summed E-state index contributed by atoms with van der Waals surface area (Å²) in [4.78, 5) is 6.62. The van der Waals surface area contributed by atoms with Gasteiger partial charge in [-0.05, 0) is 64.9 Å². The highest BCUT2D eigenvalue weighted by Gasteiger charge is 2.38. The normalized spacial score (nSPS) is 21.7. The quantitative estimate of drug-likeness (QED) is 0.458. The zero-order chi connectivity index (χ0) is 24.6. The Hall–Kier alpha value is -2.82. The molecule has 2 aliphatic heterocycles. The van der Waals surface area contributed by atoms with Gasteiger partial charge in [0, 0.05) is 50.7 Å². The molecule has 184 valence electrons. The first-order chi connectivity index (χ1) is 16.9. The number of rotatable bonds is 6. The minimum Gasteiger partial charge on any atom is -0.364 e. The molecule has 1 saturated heterocycles. The zero-order valence-electron chi connectivity index (χ0n) is 20.3. The molecule has 0 bridgehead atoms. The Morgan fingerprint density at radius 1 is 0.943 bits per heavy atom. The number of hydrazine groups is 2. The SMILES string of the molecule is CNN(NC)S(=O)(=O)N[C@@H]1CCN2c3ccc(-c4ccncc4)cc3[C@H](C)c3ccccc3[C@H]2C1. The lowest BCUT2D eigenvalue weighted by Gasteiger charge is -2.41. The van der Waals surface area contributed by atoms with E-state index in [-0.39, 0.29) is 18.0 Å². The summed E-state index contributed by atoms with van der Waals surface area (Å²) in [6, 6.07) is 19.3. The molecule has 1 fully saturated rings. The van der Waals surface area contributed by atoms with Gasteiger partial charge in [0.1, 0.15) is 0 Å². The minimum atomic E-state index is -3.72. The van der Waals surface area contributed by atoms with Gasteiger partial charge in [0.2, 0.25) is 0 Å². The Labute approximate surface area is 207 Å². The van der Waals surface area contributed by atoms with Crippen molar-refractivity contribution in [3.8, 4) is 11.1 Å². The molecule has 0 radical (unpaired) electrons. The summed E-state index contributed by atoms with van der Waals surface area (Å²) in [5, 5.41) is 0. The summed E-state index contributed by atoms with van der Waals surface area (Å²) in [6.07, 6.45) is 5.06. The molecule has 3 atom stereocenters. The molecule has 0 amide bonds. The Bertz CT molecular complexity index is 1300. The summed E-state index contributed by atoms with van der Waals surface area (Å²) in [7, 11) is -0.581. The fraction of sp³-hybridized carbons (Fsp3) is 0.346. The molecule has 3 N–H and O–H groups in total. The average Bonchev–Trinajstić information content (AvgIpc) is 2.98. The van der Waals surface area contributed by atoms with Gasteiger partial charge in [-0.2, -0.15) is 13.1 Å². The van der Waals surface area contributed by atoms with Gasteiger partial charge in [-0.15, -0.1) is 0 Å². The summed E-state index contributed by atoms with van der Waals surface area (Å²) < 4.78 is 29.5. The van der Waals surface area contributed by atoms with Crippen LogP contribution >= 0.6 is 0 Å². The van der Waals surface area contributed by atoms with E-state index < -0.39 is 10.2 Å². The predicted octanol–water partition coefficient (Wildman–Crippen LogP) is 3.33. The molecular formula is C26H32N6O2S. The van der Waals surface area contributed by atoms with E-state index in [2.05, 4.69) is 74.8 Å². The highest BCUT2D eigenvalue weighted by Crippen LogP contribution is 2.47. The van der Waals surface area contributed by atoms with E-state index in [1.807, 2.05) is 24.5 Å². The third-order valence-corrected chi connectivity index (χ3v) is 8.68. The second-order valence-electron chi connectivity index (χ2n) is 9.13. The van der Waals surface area contributed by atoms with Crippen LogP contribution in [0.25, 0.3) is 11.1 Å². The maximum Gasteiger partial charge on any atom is 0.306 e. The van der Waals surface area contributed by atoms with Crippen molar-refractivity contribution in [2.24, 2.45) is 0 Å². The standard InChI is InChI=1S/C26H32N6O2S/c1-18-22-6-4-5-7-23(22)26-17-21(30-35(33,34)32(27-2)28-3)12-15-31(26)25-9-8-20(16-24(18)25)19-10-13-29-14-11-19/h4-11,13-14,16,18,21,26-28,30H,12,15,17H2,1-3H3/t18-,21-,26-/m1/s1. The van der Waals surface area contributed by atoms with Crippen LogP contribution in [0.15, 0.2) is 67.0 Å². The Kier molecular flexibility index (Phi) is 6.61. The average molecular weight is 493 g/mol. The molecule has 3 heterocycles. The van der Waals surface area contributed by atoms with Crippen molar-refractivity contribution in [2.45, 2.75) is 37.8 Å². The largest absolute Gasteiger partial charge is 0.364 e. The van der Waals surface area contributed by atoms with E-state index >= 15 is 0 Å². The van der Waals surface area contributed by atoms with Gasteiger partial charge in [0.25, 0.3) is 0 Å². The summed E-state index contributed by atoms with van der Waals surface area (Å²) >= 11 is 0. The number of aromatic nitrogens is 1. The van der Waals surface area contributed by atoms with Crippen LogP contribution in [-0.4, -0.2) is 44.6 Å². The highest BCUT2D eigenvalue weighted by atomic mass is 32.2. The van der Waals surface area contributed by atoms with Crippen molar-refractivity contribution >= 4 is 15.9 Å². The molecular weight excluding hydrogens is 460 g/mol. The maximum atomic E-state index is 12.8. The molecule has 35 heavy (non-hydrogen) atoms. The molecule has 5 rings (SSSR count). The van der Waals surface area contributed by atoms with Crippen LogP contribution in [0.2, 0.25) is 0 Å². The van der Waals surface area contributed by atoms with Crippen molar-refractivity contribution in [3.05, 3.63) is 83.7 Å². The van der Waals surface area contributed by atoms with E-state index in [9.17, 15) is 8.42 Å². The number of anilines is 1. The monoisotopic (exact) mass is 492 g/mol. The van der Waals surface area contributed by atoms with Gasteiger partial charge < -0.3 is 4.90 Å². The molecule has 3 aromatic rings. The fourth-order valence-corrected chi connectivity index (χ4v) is 6.76. The van der Waals surface area contributed by atoms with Crippen molar-refractivity contribution < 1.29 is 8.42 Å². The molecule has 0 unspecified atom stereocenters. The summed E-state index contributed by atoms with van der Waals surface area (Å²) in [5.41, 5.74) is 12.7. The van der Waals surface area contributed by atoms with Crippen molar-refractivity contribution in [3.63, 3.8) is 0 Å². The molecule has 2 aromatic carbocycles. The van der Waals surface area contributed by atoms with Crippen molar-refractivity contribution in [2.75, 3.05) is 25.5 Å². The van der Waals surface area contributed by atoms with E-state index in [0.29, 0.717) is 6.42 Å². The lowest BCUT2D eigenvalue weighted by atomic mass is 9.86. The van der Waals surface area contributed by atoms with E-state index in [0.717, 1.165) is 23.1 Å². The van der Waals surface area contributed by atoms with Gasteiger partial charge in [0.05, 0.1) is 6.04 Å². The first-order valence-corrected chi connectivity index (χ1v) is 13.4. The van der Waals surface area contributed by atoms with Gasteiger partial charge in [0.15, 0.2) is 0 Å². The van der Waals surface area contributed by atoms with Crippen LogP contribution in [0.3, 0.4) is 0 Å². The molecule has 9 heteroatoms. The first-order valence-electron chi connectivity index (χ1n) is 12.0. The van der Waals surface area contributed by atoms with Crippen LogP contribution in [-0.2, 0) is 10.2 Å². The van der Waals surface area contributed by atoms with Crippen LogP contribution < -0.4 is 20.5 Å². The van der Waals surface area contributed by atoms with E-state index in [4.69, 9.17) is 0 Å². The summed E-state index contributed by atoms with van der Waals surface area (Å²) in [5.74, 6) is 0.216. The molecule has 0 spiro atoms. The number of hydrogen-bond acceptors (Lipinski definition) is 6. The Morgan fingerprint density at radius 3 is 2.37 bits per heavy atom.